The van der Waals surface area contributed by atoms with Gasteiger partial charge < -0.3 is 15.2 Å². The van der Waals surface area contributed by atoms with Crippen molar-refractivity contribution in [3.63, 3.8) is 0 Å². The number of methoxy groups -OCH3 is 1. The van der Waals surface area contributed by atoms with Crippen molar-refractivity contribution in [2.24, 2.45) is 0 Å². The molecule has 0 heterocycles. The quantitative estimate of drug-likeness (QED) is 0.573. The topological polar surface area (TPSA) is 105 Å². The van der Waals surface area contributed by atoms with Crippen molar-refractivity contribution in [2.75, 3.05) is 25.6 Å². The van der Waals surface area contributed by atoms with Crippen LogP contribution in [-0.2, 0) is 21.2 Å². The molecule has 0 aliphatic rings. The Balaban J connectivity index is 2.13. The summed E-state index contributed by atoms with van der Waals surface area (Å²) in [7, 11) is -2.26. The van der Waals surface area contributed by atoms with Gasteiger partial charge in [0.2, 0.25) is 10.0 Å². The van der Waals surface area contributed by atoms with E-state index in [1.165, 1.54) is 12.1 Å². The lowest BCUT2D eigenvalue weighted by Gasteiger charge is -2.17. The Kier molecular flexibility index (Phi) is 7.35. The maximum absolute atomic E-state index is 12.5. The van der Waals surface area contributed by atoms with Crippen LogP contribution in [0.1, 0.15) is 22.8 Å². The van der Waals surface area contributed by atoms with Crippen molar-refractivity contribution in [3.8, 4) is 0 Å². The van der Waals surface area contributed by atoms with Crippen LogP contribution in [0.15, 0.2) is 53.4 Å². The van der Waals surface area contributed by atoms with Crippen molar-refractivity contribution in [2.45, 2.75) is 24.3 Å². The molecule has 8 heteroatoms. The van der Waals surface area contributed by atoms with Gasteiger partial charge in [-0.15, -0.1) is 0 Å². The molecule has 3 N–H and O–H groups in total. The van der Waals surface area contributed by atoms with Gasteiger partial charge >= 0.3 is 5.97 Å². The number of hydrogen-bond donors (Lipinski definition) is 3. The second kappa shape index (κ2) is 9.50. The number of anilines is 1. The van der Waals surface area contributed by atoms with Crippen LogP contribution in [0.3, 0.4) is 0 Å². The number of carbonyl (C=O) groups is 1. The zero-order chi connectivity index (χ0) is 19.9. The van der Waals surface area contributed by atoms with E-state index in [9.17, 15) is 18.3 Å². The van der Waals surface area contributed by atoms with Crippen LogP contribution in [0.2, 0.25) is 0 Å². The molecule has 0 saturated carbocycles. The second-order valence-electron chi connectivity index (χ2n) is 6.15. The molecule has 0 spiro atoms. The first-order valence-electron chi connectivity index (χ1n) is 8.50. The Hall–Kier alpha value is -2.42. The lowest BCUT2D eigenvalue weighted by molar-refractivity contribution is 0.0697. The highest BCUT2D eigenvalue weighted by Gasteiger charge is 2.19. The summed E-state index contributed by atoms with van der Waals surface area (Å²) in [5.41, 5.74) is 1.25. The van der Waals surface area contributed by atoms with Crippen LogP contribution in [0.25, 0.3) is 0 Å². The lowest BCUT2D eigenvalue weighted by atomic mass is 10.1. The number of rotatable bonds is 10. The van der Waals surface area contributed by atoms with Gasteiger partial charge in [-0.2, -0.15) is 0 Å². The van der Waals surface area contributed by atoms with E-state index < -0.39 is 16.0 Å². The molecule has 0 aliphatic heterocycles. The van der Waals surface area contributed by atoms with Gasteiger partial charge in [-0.3, -0.25) is 0 Å². The second-order valence-corrected chi connectivity index (χ2v) is 7.91. The van der Waals surface area contributed by atoms with Crippen molar-refractivity contribution in [3.05, 3.63) is 59.7 Å². The number of ether oxygens (including phenoxy) is 1. The molecular formula is C19H24N2O5S. The Morgan fingerprint density at radius 1 is 1.19 bits per heavy atom. The minimum Gasteiger partial charge on any atom is -0.478 e. The molecule has 0 aliphatic carbocycles. The van der Waals surface area contributed by atoms with Gasteiger partial charge in [0.1, 0.15) is 0 Å². The Bertz CT molecular complexity index is 869. The smallest absolute Gasteiger partial charge is 0.337 e. The molecule has 0 fully saturated rings. The van der Waals surface area contributed by atoms with Gasteiger partial charge in [-0.05, 0) is 37.1 Å². The Morgan fingerprint density at radius 2 is 1.89 bits per heavy atom. The van der Waals surface area contributed by atoms with E-state index >= 15 is 0 Å². The fraction of sp³-hybridized carbons (Fsp3) is 0.316. The van der Waals surface area contributed by atoms with Crippen LogP contribution < -0.4 is 10.0 Å². The van der Waals surface area contributed by atoms with Crippen molar-refractivity contribution >= 4 is 21.7 Å². The molecule has 0 saturated heterocycles. The van der Waals surface area contributed by atoms with Gasteiger partial charge in [0.25, 0.3) is 0 Å². The summed E-state index contributed by atoms with van der Waals surface area (Å²) in [5.74, 6) is -1.21. The molecule has 27 heavy (non-hydrogen) atoms. The van der Waals surface area contributed by atoms with Gasteiger partial charge in [0, 0.05) is 25.4 Å². The number of nitrogens with one attached hydrogen (secondary N) is 2. The summed E-state index contributed by atoms with van der Waals surface area (Å²) < 4.78 is 32.5. The van der Waals surface area contributed by atoms with Gasteiger partial charge in [0.05, 0.1) is 17.1 Å². The van der Waals surface area contributed by atoms with E-state index in [-0.39, 0.29) is 23.0 Å². The molecule has 1 unspecified atom stereocenters. The summed E-state index contributed by atoms with van der Waals surface area (Å²) in [6, 6.07) is 13.4. The minimum absolute atomic E-state index is 0.0853. The maximum Gasteiger partial charge on any atom is 0.337 e. The third kappa shape index (κ3) is 6.06. The molecule has 0 amide bonds. The largest absolute Gasteiger partial charge is 0.478 e. The molecule has 146 valence electrons. The van der Waals surface area contributed by atoms with Crippen LogP contribution in [0.5, 0.6) is 0 Å². The number of carboxylic acid groups (broad SMARTS) is 1. The molecule has 2 rings (SSSR count). The highest BCUT2D eigenvalue weighted by molar-refractivity contribution is 7.89. The molecule has 0 radical (unpaired) electrons. The Morgan fingerprint density at radius 3 is 2.52 bits per heavy atom. The minimum atomic E-state index is -3.81. The van der Waals surface area contributed by atoms with Crippen LogP contribution in [0.4, 0.5) is 5.69 Å². The number of sulfonamides is 1. The van der Waals surface area contributed by atoms with Crippen LogP contribution in [0, 0.1) is 0 Å². The fourth-order valence-corrected chi connectivity index (χ4v) is 3.67. The van der Waals surface area contributed by atoms with Crippen molar-refractivity contribution in [1.82, 2.24) is 4.72 Å². The molecular weight excluding hydrogens is 368 g/mol. The maximum atomic E-state index is 12.5. The summed E-state index contributed by atoms with van der Waals surface area (Å²) in [4.78, 5) is 11.5. The Labute approximate surface area is 159 Å². The van der Waals surface area contributed by atoms with E-state index in [1.54, 1.807) is 7.11 Å². The van der Waals surface area contributed by atoms with Crippen molar-refractivity contribution < 1.29 is 23.1 Å². The number of benzene rings is 2. The van der Waals surface area contributed by atoms with E-state index in [4.69, 9.17) is 4.74 Å². The van der Waals surface area contributed by atoms with Crippen LogP contribution in [-0.4, -0.2) is 45.8 Å². The van der Waals surface area contributed by atoms with Crippen molar-refractivity contribution in [1.29, 1.82) is 0 Å². The molecule has 0 aromatic heterocycles. The molecule has 7 nitrogen and oxygen atoms in total. The predicted molar refractivity (Wildman–Crippen MR) is 104 cm³/mol. The van der Waals surface area contributed by atoms with E-state index in [2.05, 4.69) is 10.0 Å². The van der Waals surface area contributed by atoms with Gasteiger partial charge in [0.15, 0.2) is 0 Å². The third-order valence-electron chi connectivity index (χ3n) is 3.90. The molecule has 0 bridgehead atoms. The van der Waals surface area contributed by atoms with Gasteiger partial charge in [-0.1, -0.05) is 30.3 Å². The number of aromatic carboxylic acids is 1. The number of carboxylic acids is 1. The van der Waals surface area contributed by atoms with E-state index in [0.29, 0.717) is 18.7 Å². The summed E-state index contributed by atoms with van der Waals surface area (Å²) in [6.45, 7) is 2.45. The summed E-state index contributed by atoms with van der Waals surface area (Å²) in [5, 5.41) is 12.5. The SMILES string of the molecule is COCC(C)Nc1ccc(S(=O)(=O)NCCc2ccccc2)cc1C(=O)O. The average Bonchev–Trinajstić information content (AvgIpc) is 2.62. The lowest BCUT2D eigenvalue weighted by Crippen LogP contribution is -2.27. The monoisotopic (exact) mass is 392 g/mol. The molecule has 1 atom stereocenters. The summed E-state index contributed by atoms with van der Waals surface area (Å²) in [6.07, 6.45) is 0.542. The average molecular weight is 392 g/mol. The first-order valence-corrected chi connectivity index (χ1v) is 9.98. The molecule has 2 aromatic carbocycles. The standard InChI is InChI=1S/C19H24N2O5S/c1-14(13-26-2)21-18-9-8-16(12-17(18)19(22)23)27(24,25)20-11-10-15-6-4-3-5-7-15/h3-9,12,14,20-21H,10-11,13H2,1-2H3,(H,22,23). The van der Waals surface area contributed by atoms with Gasteiger partial charge in [-0.25, -0.2) is 17.9 Å². The first-order chi connectivity index (χ1) is 12.8. The highest BCUT2D eigenvalue weighted by Crippen LogP contribution is 2.21. The highest BCUT2D eigenvalue weighted by atomic mass is 32.2. The van der Waals surface area contributed by atoms with E-state index in [0.717, 1.165) is 11.6 Å². The third-order valence-corrected chi connectivity index (χ3v) is 5.36. The zero-order valence-electron chi connectivity index (χ0n) is 15.3. The number of hydrogen-bond acceptors (Lipinski definition) is 5. The van der Waals surface area contributed by atoms with E-state index in [1.807, 2.05) is 37.3 Å². The molecule has 2 aromatic rings. The normalized spacial score (nSPS) is 12.5. The van der Waals surface area contributed by atoms with Crippen LogP contribution >= 0.6 is 0 Å². The predicted octanol–water partition coefficient (Wildman–Crippen LogP) is 2.35. The summed E-state index contributed by atoms with van der Waals surface area (Å²) >= 11 is 0. The zero-order valence-corrected chi connectivity index (χ0v) is 16.1. The fourth-order valence-electron chi connectivity index (χ4n) is 2.61. The first kappa shape index (κ1) is 20.9.